The largest absolute Gasteiger partial charge is 0.373 e. The second-order valence-corrected chi connectivity index (χ2v) is 5.62. The molecular weight excluding hydrogens is 260 g/mol. The summed E-state index contributed by atoms with van der Waals surface area (Å²) in [5.74, 6) is 1.55. The highest BCUT2D eigenvalue weighted by Gasteiger charge is 2.21. The van der Waals surface area contributed by atoms with Gasteiger partial charge in [-0.3, -0.25) is 9.88 Å². The molecule has 0 aliphatic carbocycles. The van der Waals surface area contributed by atoms with E-state index in [1.54, 1.807) is 0 Å². The van der Waals surface area contributed by atoms with E-state index in [0.717, 1.165) is 31.1 Å². The van der Waals surface area contributed by atoms with Gasteiger partial charge < -0.3 is 5.32 Å². The molecule has 110 valence electrons. The molecule has 1 N–H and O–H groups in total. The van der Waals surface area contributed by atoms with E-state index in [2.05, 4.69) is 44.5 Å². The van der Waals surface area contributed by atoms with Gasteiger partial charge in [0.1, 0.15) is 5.82 Å². The van der Waals surface area contributed by atoms with E-state index in [-0.39, 0.29) is 0 Å². The molecule has 0 saturated carbocycles. The van der Waals surface area contributed by atoms with Gasteiger partial charge >= 0.3 is 0 Å². The van der Waals surface area contributed by atoms with Crippen molar-refractivity contribution in [3.05, 3.63) is 54.0 Å². The maximum Gasteiger partial charge on any atom is 0.125 e. The number of nitrogens with zero attached hydrogens (tertiary/aromatic N) is 3. The Bertz CT molecular complexity index is 570. The number of aromatic nitrogens is 2. The lowest BCUT2D eigenvalue weighted by Gasteiger charge is -2.32. The lowest BCUT2D eigenvalue weighted by atomic mass is 9.91. The van der Waals surface area contributed by atoms with E-state index >= 15 is 0 Å². The Kier molecular flexibility index (Phi) is 4.46. The first-order chi connectivity index (χ1) is 10.3. The first-order valence-electron chi connectivity index (χ1n) is 7.61. The summed E-state index contributed by atoms with van der Waals surface area (Å²) < 4.78 is 0. The van der Waals surface area contributed by atoms with Gasteiger partial charge in [-0.1, -0.05) is 6.07 Å². The third kappa shape index (κ3) is 3.58. The van der Waals surface area contributed by atoms with E-state index < -0.39 is 0 Å². The molecule has 21 heavy (non-hydrogen) atoms. The molecule has 3 rings (SSSR count). The number of rotatable bonds is 4. The smallest absolute Gasteiger partial charge is 0.125 e. The third-order valence-corrected chi connectivity index (χ3v) is 4.13. The predicted molar refractivity (Wildman–Crippen MR) is 85.3 cm³/mol. The van der Waals surface area contributed by atoms with E-state index in [1.807, 2.05) is 25.5 Å². The summed E-state index contributed by atoms with van der Waals surface area (Å²) in [6.45, 7) is 3.21. The van der Waals surface area contributed by atoms with Crippen LogP contribution in [0, 0.1) is 0 Å². The minimum Gasteiger partial charge on any atom is -0.373 e. The van der Waals surface area contributed by atoms with Crippen molar-refractivity contribution in [1.82, 2.24) is 14.9 Å². The molecule has 1 atom stereocenters. The Balaban J connectivity index is 1.67. The molecule has 0 radical (unpaired) electrons. The van der Waals surface area contributed by atoms with Crippen LogP contribution in [0.2, 0.25) is 0 Å². The van der Waals surface area contributed by atoms with Gasteiger partial charge in [0.2, 0.25) is 0 Å². The number of hydrogen-bond donors (Lipinski definition) is 1. The molecular formula is C17H22N4. The summed E-state index contributed by atoms with van der Waals surface area (Å²) in [4.78, 5) is 11.3. The van der Waals surface area contributed by atoms with E-state index in [0.29, 0.717) is 5.92 Å². The van der Waals surface area contributed by atoms with Crippen LogP contribution in [0.3, 0.4) is 0 Å². The highest BCUT2D eigenvalue weighted by molar-refractivity contribution is 5.38. The Morgan fingerprint density at radius 3 is 3.00 bits per heavy atom. The van der Waals surface area contributed by atoms with Crippen LogP contribution in [0.25, 0.3) is 0 Å². The van der Waals surface area contributed by atoms with Crippen LogP contribution in [0.5, 0.6) is 0 Å². The van der Waals surface area contributed by atoms with Crippen molar-refractivity contribution in [3.63, 3.8) is 0 Å². The molecule has 3 heterocycles. The maximum atomic E-state index is 4.44. The van der Waals surface area contributed by atoms with Crippen LogP contribution >= 0.6 is 0 Å². The lowest BCUT2D eigenvalue weighted by Crippen LogP contribution is -2.34. The quantitative estimate of drug-likeness (QED) is 0.936. The molecule has 0 spiro atoms. The minimum atomic E-state index is 0.595. The van der Waals surface area contributed by atoms with Crippen LogP contribution in [0.1, 0.15) is 30.0 Å². The Hall–Kier alpha value is -1.94. The normalized spacial score (nSPS) is 19.4. The van der Waals surface area contributed by atoms with Crippen molar-refractivity contribution < 1.29 is 0 Å². The first kappa shape index (κ1) is 14.0. The molecule has 2 aromatic heterocycles. The second kappa shape index (κ2) is 6.68. The number of nitrogens with one attached hydrogen (secondary N) is 1. The topological polar surface area (TPSA) is 41.0 Å². The van der Waals surface area contributed by atoms with Crippen LogP contribution in [0.15, 0.2) is 42.7 Å². The zero-order valence-electron chi connectivity index (χ0n) is 12.5. The third-order valence-electron chi connectivity index (χ3n) is 4.13. The van der Waals surface area contributed by atoms with Gasteiger partial charge in [-0.15, -0.1) is 0 Å². The summed E-state index contributed by atoms with van der Waals surface area (Å²) in [6.07, 6.45) is 6.28. The molecule has 1 aliphatic rings. The second-order valence-electron chi connectivity index (χ2n) is 5.62. The fraction of sp³-hybridized carbons (Fsp3) is 0.412. The lowest BCUT2D eigenvalue weighted by molar-refractivity contribution is 0.198. The average molecular weight is 282 g/mol. The van der Waals surface area contributed by atoms with Crippen molar-refractivity contribution in [1.29, 1.82) is 0 Å². The van der Waals surface area contributed by atoms with Crippen LogP contribution in [-0.4, -0.2) is 35.0 Å². The van der Waals surface area contributed by atoms with Crippen molar-refractivity contribution >= 4 is 5.82 Å². The fourth-order valence-corrected chi connectivity index (χ4v) is 3.03. The molecule has 4 heteroatoms. The van der Waals surface area contributed by atoms with E-state index in [4.69, 9.17) is 0 Å². The fourth-order valence-electron chi connectivity index (χ4n) is 3.03. The molecule has 2 aromatic rings. The van der Waals surface area contributed by atoms with Gasteiger partial charge in [-0.05, 0) is 55.1 Å². The van der Waals surface area contributed by atoms with Crippen LogP contribution in [0.4, 0.5) is 5.82 Å². The number of pyridine rings is 2. The SMILES string of the molecule is CNc1cc([C@H]2CCCN(Cc3ccccn3)C2)ccn1. The van der Waals surface area contributed by atoms with Crippen LogP contribution < -0.4 is 5.32 Å². The maximum absolute atomic E-state index is 4.44. The van der Waals surface area contributed by atoms with Gasteiger partial charge in [0.15, 0.2) is 0 Å². The van der Waals surface area contributed by atoms with E-state index in [1.165, 1.54) is 18.4 Å². The first-order valence-corrected chi connectivity index (χ1v) is 7.61. The number of likely N-dealkylation sites (tertiary alicyclic amines) is 1. The monoisotopic (exact) mass is 282 g/mol. The highest BCUT2D eigenvalue weighted by atomic mass is 15.1. The molecule has 0 aromatic carbocycles. The van der Waals surface area contributed by atoms with Crippen molar-refractivity contribution in [2.24, 2.45) is 0 Å². The predicted octanol–water partition coefficient (Wildman–Crippen LogP) is 2.90. The number of hydrogen-bond acceptors (Lipinski definition) is 4. The minimum absolute atomic E-state index is 0.595. The Labute approximate surface area is 126 Å². The van der Waals surface area contributed by atoms with E-state index in [9.17, 15) is 0 Å². The summed E-state index contributed by atoms with van der Waals surface area (Å²) >= 11 is 0. The number of piperidine rings is 1. The highest BCUT2D eigenvalue weighted by Crippen LogP contribution is 2.28. The molecule has 0 bridgehead atoms. The van der Waals surface area contributed by atoms with Crippen molar-refractivity contribution in [2.75, 3.05) is 25.5 Å². The molecule has 0 unspecified atom stereocenters. The summed E-state index contributed by atoms with van der Waals surface area (Å²) in [5, 5.41) is 3.12. The Morgan fingerprint density at radius 2 is 2.19 bits per heavy atom. The van der Waals surface area contributed by atoms with Gasteiger partial charge in [0, 0.05) is 32.5 Å². The zero-order chi connectivity index (χ0) is 14.5. The molecule has 4 nitrogen and oxygen atoms in total. The van der Waals surface area contributed by atoms with Crippen molar-refractivity contribution in [3.8, 4) is 0 Å². The summed E-state index contributed by atoms with van der Waals surface area (Å²) in [6, 6.07) is 10.5. The Morgan fingerprint density at radius 1 is 1.24 bits per heavy atom. The number of anilines is 1. The van der Waals surface area contributed by atoms with Crippen LogP contribution in [-0.2, 0) is 6.54 Å². The average Bonchev–Trinajstić information content (AvgIpc) is 2.56. The van der Waals surface area contributed by atoms with Gasteiger partial charge in [0.05, 0.1) is 5.69 Å². The molecule has 1 aliphatic heterocycles. The van der Waals surface area contributed by atoms with Gasteiger partial charge in [-0.2, -0.15) is 0 Å². The summed E-state index contributed by atoms with van der Waals surface area (Å²) in [7, 11) is 1.92. The van der Waals surface area contributed by atoms with Gasteiger partial charge in [-0.25, -0.2) is 4.98 Å². The van der Waals surface area contributed by atoms with Crippen molar-refractivity contribution in [2.45, 2.75) is 25.3 Å². The standard InChI is InChI=1S/C17H22N4/c1-18-17-11-14(7-9-20-17)15-5-4-10-21(12-15)13-16-6-2-3-8-19-16/h2-3,6-9,11,15H,4-5,10,12-13H2,1H3,(H,18,20)/t15-/m0/s1. The molecule has 1 fully saturated rings. The molecule has 1 saturated heterocycles. The van der Waals surface area contributed by atoms with Gasteiger partial charge in [0.25, 0.3) is 0 Å². The molecule has 0 amide bonds. The zero-order valence-corrected chi connectivity index (χ0v) is 12.5. The summed E-state index contributed by atoms with van der Waals surface area (Å²) in [5.41, 5.74) is 2.55.